The number of hydrogen-bond donors (Lipinski definition) is 2. The Morgan fingerprint density at radius 2 is 2.05 bits per heavy atom. The fourth-order valence-electron chi connectivity index (χ4n) is 5.07. The highest BCUT2D eigenvalue weighted by molar-refractivity contribution is 6.31. The van der Waals surface area contributed by atoms with Crippen LogP contribution in [0.2, 0.25) is 5.02 Å². The van der Waals surface area contributed by atoms with E-state index in [1.165, 1.54) is 11.0 Å². The number of nitrogens with zero attached hydrogens (tertiary/aromatic N) is 2. The normalized spacial score (nSPS) is 22.8. The Balaban J connectivity index is 1.32. The van der Waals surface area contributed by atoms with E-state index in [0.717, 1.165) is 18.9 Å². The van der Waals surface area contributed by atoms with E-state index >= 15 is 0 Å². The van der Waals surface area contributed by atoms with Crippen molar-refractivity contribution in [3.63, 3.8) is 0 Å². The predicted octanol–water partition coefficient (Wildman–Crippen LogP) is 4.03. The number of amides is 3. The first-order valence-corrected chi connectivity index (χ1v) is 12.3. The second kappa shape index (κ2) is 9.63. The number of nitriles is 1. The summed E-state index contributed by atoms with van der Waals surface area (Å²) >= 11 is 6.18. The van der Waals surface area contributed by atoms with Gasteiger partial charge in [-0.2, -0.15) is 5.26 Å². The van der Waals surface area contributed by atoms with Crippen molar-refractivity contribution in [1.82, 2.24) is 10.2 Å². The molecule has 2 aromatic carbocycles. The van der Waals surface area contributed by atoms with Crippen LogP contribution in [-0.2, 0) is 26.3 Å². The van der Waals surface area contributed by atoms with E-state index in [4.69, 9.17) is 16.3 Å². The van der Waals surface area contributed by atoms with Gasteiger partial charge < -0.3 is 20.3 Å². The molecule has 11 heteroatoms. The molecule has 8 nitrogen and oxygen atoms in total. The van der Waals surface area contributed by atoms with Crippen molar-refractivity contribution in [1.29, 1.82) is 5.26 Å². The summed E-state index contributed by atoms with van der Waals surface area (Å²) in [6, 6.07) is 8.15. The Labute approximate surface area is 216 Å². The number of fused-ring (bicyclic) bond motifs is 2. The number of ether oxygens (including phenoxy) is 1. The predicted molar refractivity (Wildman–Crippen MR) is 128 cm³/mol. The number of carbonyl (C=O) groups is 3. The van der Waals surface area contributed by atoms with Crippen molar-refractivity contribution in [3.05, 3.63) is 64.2 Å². The van der Waals surface area contributed by atoms with Gasteiger partial charge in [0.25, 0.3) is 0 Å². The third kappa shape index (κ3) is 4.83. The summed E-state index contributed by atoms with van der Waals surface area (Å²) in [4.78, 5) is 40.6. The Hall–Kier alpha value is -3.71. The minimum Gasteiger partial charge on any atom is -0.445 e. The summed E-state index contributed by atoms with van der Waals surface area (Å²) < 4.78 is 32.1. The molecule has 192 valence electrons. The van der Waals surface area contributed by atoms with Gasteiger partial charge in [0.2, 0.25) is 11.8 Å². The van der Waals surface area contributed by atoms with Gasteiger partial charge in [0.05, 0.1) is 11.5 Å². The highest BCUT2D eigenvalue weighted by Crippen LogP contribution is 2.47. The van der Waals surface area contributed by atoms with Gasteiger partial charge in [0, 0.05) is 35.3 Å². The van der Waals surface area contributed by atoms with Crippen LogP contribution in [0.15, 0.2) is 36.4 Å². The number of likely N-dealkylation sites (tertiary alicyclic amines) is 1. The van der Waals surface area contributed by atoms with Crippen molar-refractivity contribution in [2.75, 3.05) is 11.9 Å². The maximum absolute atomic E-state index is 13.9. The van der Waals surface area contributed by atoms with Gasteiger partial charge in [-0.05, 0) is 48.2 Å². The monoisotopic (exact) mass is 528 g/mol. The van der Waals surface area contributed by atoms with Crippen molar-refractivity contribution in [2.24, 2.45) is 5.92 Å². The van der Waals surface area contributed by atoms with E-state index in [-0.39, 0.29) is 30.4 Å². The van der Waals surface area contributed by atoms with Gasteiger partial charge >= 0.3 is 6.09 Å². The Bertz CT molecular complexity index is 1330. The van der Waals surface area contributed by atoms with Crippen LogP contribution in [0.5, 0.6) is 0 Å². The van der Waals surface area contributed by atoms with E-state index in [0.29, 0.717) is 28.8 Å². The fourth-order valence-corrected chi connectivity index (χ4v) is 5.24. The smallest absolute Gasteiger partial charge is 0.408 e. The number of anilines is 1. The van der Waals surface area contributed by atoms with Crippen LogP contribution >= 0.6 is 11.6 Å². The number of carbonyl (C=O) groups excluding carboxylic acids is 3. The molecule has 2 heterocycles. The summed E-state index contributed by atoms with van der Waals surface area (Å²) in [7, 11) is 0. The van der Waals surface area contributed by atoms with Gasteiger partial charge in [0.15, 0.2) is 0 Å². The molecule has 3 aliphatic rings. The summed E-state index contributed by atoms with van der Waals surface area (Å²) in [5, 5.41) is 15.7. The zero-order valence-corrected chi connectivity index (χ0v) is 20.4. The Morgan fingerprint density at radius 1 is 1.27 bits per heavy atom. The molecule has 1 saturated heterocycles. The van der Waals surface area contributed by atoms with Crippen LogP contribution < -0.4 is 10.6 Å². The lowest BCUT2D eigenvalue weighted by Gasteiger charge is -2.27. The number of hydrogen-bond acceptors (Lipinski definition) is 5. The van der Waals surface area contributed by atoms with E-state index in [9.17, 15) is 28.4 Å². The van der Waals surface area contributed by atoms with Gasteiger partial charge in [-0.15, -0.1) is 0 Å². The second-order valence-corrected chi connectivity index (χ2v) is 10.2. The molecule has 1 spiro atoms. The molecule has 5 rings (SSSR count). The molecule has 3 amide bonds. The van der Waals surface area contributed by atoms with Crippen molar-refractivity contribution in [3.8, 4) is 6.07 Å². The number of nitrogens with one attached hydrogen (secondary N) is 2. The molecule has 0 bridgehead atoms. The highest BCUT2D eigenvalue weighted by atomic mass is 35.5. The Morgan fingerprint density at radius 3 is 2.76 bits per heavy atom. The van der Waals surface area contributed by atoms with Crippen molar-refractivity contribution >= 4 is 35.2 Å². The minimum absolute atomic E-state index is 0.0165. The van der Waals surface area contributed by atoms with Crippen molar-refractivity contribution < 1.29 is 27.9 Å². The van der Waals surface area contributed by atoms with Crippen LogP contribution in [0, 0.1) is 28.9 Å². The number of rotatable bonds is 6. The maximum Gasteiger partial charge on any atom is 0.408 e. The first-order valence-electron chi connectivity index (χ1n) is 11.9. The number of halogens is 3. The molecule has 2 N–H and O–H groups in total. The molecule has 1 saturated carbocycles. The zero-order valence-electron chi connectivity index (χ0n) is 19.6. The Kier molecular flexibility index (Phi) is 6.50. The lowest BCUT2D eigenvalue weighted by atomic mass is 9.80. The average Bonchev–Trinajstić information content (AvgIpc) is 3.53. The van der Waals surface area contributed by atoms with Crippen LogP contribution in [0.3, 0.4) is 0 Å². The van der Waals surface area contributed by atoms with Crippen LogP contribution in [0.1, 0.15) is 36.8 Å². The van der Waals surface area contributed by atoms with Crippen LogP contribution in [0.4, 0.5) is 19.3 Å². The largest absolute Gasteiger partial charge is 0.445 e. The van der Waals surface area contributed by atoms with Crippen molar-refractivity contribution in [2.45, 2.75) is 49.8 Å². The summed E-state index contributed by atoms with van der Waals surface area (Å²) in [6.07, 6.45) is 1.30. The third-order valence-corrected chi connectivity index (χ3v) is 7.44. The van der Waals surface area contributed by atoms with Gasteiger partial charge in [-0.1, -0.05) is 24.4 Å². The summed E-state index contributed by atoms with van der Waals surface area (Å²) in [6.45, 7) is -0.491. The van der Waals surface area contributed by atoms with Crippen LogP contribution in [-0.4, -0.2) is 41.4 Å². The molecule has 1 aliphatic carbocycles. The van der Waals surface area contributed by atoms with E-state index in [1.54, 1.807) is 18.2 Å². The number of benzene rings is 2. The average molecular weight is 529 g/mol. The summed E-state index contributed by atoms with van der Waals surface area (Å²) in [5.74, 6) is -2.18. The maximum atomic E-state index is 13.9. The first-order chi connectivity index (χ1) is 17.7. The molecule has 0 radical (unpaired) electrons. The molecule has 2 aromatic rings. The quantitative estimate of drug-likeness (QED) is 0.588. The topological polar surface area (TPSA) is 112 Å². The van der Waals surface area contributed by atoms with E-state index < -0.39 is 47.7 Å². The molecule has 2 fully saturated rings. The molecule has 3 atom stereocenters. The van der Waals surface area contributed by atoms with Gasteiger partial charge in [0.1, 0.15) is 30.3 Å². The number of alkyl carbamates (subject to hydrolysis) is 1. The van der Waals surface area contributed by atoms with Gasteiger partial charge in [-0.25, -0.2) is 13.6 Å². The molecule has 0 aromatic heterocycles. The lowest BCUT2D eigenvalue weighted by Crippen LogP contribution is -2.51. The van der Waals surface area contributed by atoms with E-state index in [1.807, 2.05) is 0 Å². The highest BCUT2D eigenvalue weighted by Gasteiger charge is 2.56. The fraction of sp³-hybridized carbons (Fsp3) is 0.385. The molecular formula is C26H23ClF2N4O4. The molecule has 2 aliphatic heterocycles. The van der Waals surface area contributed by atoms with E-state index in [2.05, 4.69) is 16.7 Å². The summed E-state index contributed by atoms with van der Waals surface area (Å²) in [5.41, 5.74) is 0.0796. The third-order valence-electron chi connectivity index (χ3n) is 7.20. The lowest BCUT2D eigenvalue weighted by molar-refractivity contribution is -0.134. The molecule has 0 unspecified atom stereocenters. The molecule has 37 heavy (non-hydrogen) atoms. The SMILES string of the molecule is N#C[C@@H]1C[C@@]2(CN1C(=O)[C@H](CC1CC1)NC(=O)OCc1ccc(F)cc1F)C(=O)Nc1ccc(Cl)cc12. The first kappa shape index (κ1) is 25.0. The van der Waals surface area contributed by atoms with Gasteiger partial charge in [-0.3, -0.25) is 9.59 Å². The van der Waals surface area contributed by atoms with Crippen LogP contribution in [0.25, 0.3) is 0 Å². The standard InChI is InChI=1S/C26H23ClF2N4O4/c27-16-4-6-21-19(8-16)26(24(35)31-21)10-18(11-30)33(13-26)23(34)22(7-14-1-2-14)32-25(36)37-12-15-3-5-17(28)9-20(15)29/h3-6,8-9,14,18,22H,1-2,7,10,12-13H2,(H,31,35)(H,32,36)/t18-,22-,26-/m0/s1. The minimum atomic E-state index is -1.12. The molecular weight excluding hydrogens is 506 g/mol. The zero-order chi connectivity index (χ0) is 26.3. The second-order valence-electron chi connectivity index (χ2n) is 9.73.